The van der Waals surface area contributed by atoms with Crippen molar-refractivity contribution in [1.29, 1.82) is 0 Å². The van der Waals surface area contributed by atoms with Gasteiger partial charge in [-0.25, -0.2) is 9.97 Å². The van der Waals surface area contributed by atoms with E-state index in [0.29, 0.717) is 5.56 Å². The van der Waals surface area contributed by atoms with Gasteiger partial charge in [0.25, 0.3) is 0 Å². The van der Waals surface area contributed by atoms with E-state index in [0.717, 1.165) is 16.9 Å². The summed E-state index contributed by atoms with van der Waals surface area (Å²) in [6, 6.07) is 3.74. The molecule has 4 nitrogen and oxygen atoms in total. The molecule has 0 fully saturated rings. The van der Waals surface area contributed by atoms with Crippen LogP contribution < -0.4 is 0 Å². The number of carbonyl (C=O) groups excluding carboxylic acids is 1. The molecule has 0 saturated heterocycles. The van der Waals surface area contributed by atoms with Crippen LogP contribution in [-0.4, -0.2) is 20.3 Å². The van der Waals surface area contributed by atoms with Crippen molar-refractivity contribution in [1.82, 2.24) is 14.5 Å². The molecular formula is C12H9N3OS. The van der Waals surface area contributed by atoms with Crippen LogP contribution in [0.4, 0.5) is 0 Å². The molecule has 3 heterocycles. The Morgan fingerprint density at radius 1 is 1.41 bits per heavy atom. The second-order valence-corrected chi connectivity index (χ2v) is 4.41. The number of ketones is 1. The third-order valence-corrected chi connectivity index (χ3v) is 3.18. The summed E-state index contributed by atoms with van der Waals surface area (Å²) in [6.07, 6.45) is 3.52. The summed E-state index contributed by atoms with van der Waals surface area (Å²) in [6.45, 7) is 1.56. The Morgan fingerprint density at radius 2 is 2.29 bits per heavy atom. The first-order chi connectivity index (χ1) is 8.27. The third-order valence-electron chi connectivity index (χ3n) is 2.61. The highest BCUT2D eigenvalue weighted by molar-refractivity contribution is 7.07. The van der Waals surface area contributed by atoms with Gasteiger partial charge in [0.1, 0.15) is 11.5 Å². The smallest absolute Gasteiger partial charge is 0.162 e. The Kier molecular flexibility index (Phi) is 2.26. The number of Topliss-reactive ketones (excluding diaryl/α,β-unsaturated/α-hetero) is 1. The van der Waals surface area contributed by atoms with Crippen molar-refractivity contribution in [2.75, 3.05) is 0 Å². The summed E-state index contributed by atoms with van der Waals surface area (Å²) in [5.74, 6) is 0.836. The first kappa shape index (κ1) is 10.2. The SMILES string of the molecule is CC(=O)c1cn(-c2cscn2)c2ncccc12. The molecule has 3 rings (SSSR count). The summed E-state index contributed by atoms with van der Waals surface area (Å²) in [5, 5.41) is 2.80. The average molecular weight is 243 g/mol. The van der Waals surface area contributed by atoms with Crippen LogP contribution in [0.5, 0.6) is 0 Å². The zero-order chi connectivity index (χ0) is 11.8. The summed E-state index contributed by atoms with van der Waals surface area (Å²) in [5.41, 5.74) is 3.21. The average Bonchev–Trinajstić information content (AvgIpc) is 2.95. The fourth-order valence-corrected chi connectivity index (χ4v) is 2.37. The lowest BCUT2D eigenvalue weighted by molar-refractivity contribution is 0.101. The van der Waals surface area contributed by atoms with Crippen LogP contribution in [0.3, 0.4) is 0 Å². The minimum atomic E-state index is 0.0389. The number of rotatable bonds is 2. The predicted octanol–water partition coefficient (Wildman–Crippen LogP) is 2.68. The Bertz CT molecular complexity index is 685. The van der Waals surface area contributed by atoms with Gasteiger partial charge < -0.3 is 0 Å². The summed E-state index contributed by atoms with van der Waals surface area (Å²) < 4.78 is 1.85. The monoisotopic (exact) mass is 243 g/mol. The fraction of sp³-hybridized carbons (Fsp3) is 0.0833. The lowest BCUT2D eigenvalue weighted by Gasteiger charge is -1.97. The van der Waals surface area contributed by atoms with Crippen LogP contribution in [0, 0.1) is 0 Å². The highest BCUT2D eigenvalue weighted by Gasteiger charge is 2.14. The maximum Gasteiger partial charge on any atom is 0.162 e. The molecule has 0 spiro atoms. The van der Waals surface area contributed by atoms with Gasteiger partial charge in [0.2, 0.25) is 0 Å². The molecule has 0 atom stereocenters. The van der Waals surface area contributed by atoms with Crippen molar-refractivity contribution < 1.29 is 4.79 Å². The van der Waals surface area contributed by atoms with Crippen LogP contribution in [0.25, 0.3) is 16.9 Å². The van der Waals surface area contributed by atoms with Gasteiger partial charge in [-0.1, -0.05) is 0 Å². The highest BCUT2D eigenvalue weighted by Crippen LogP contribution is 2.23. The standard InChI is InChI=1S/C12H9N3OS/c1-8(16)10-5-15(11-6-17-7-14-11)12-9(10)3-2-4-13-12/h2-7H,1H3. The van der Waals surface area contributed by atoms with E-state index in [9.17, 15) is 4.79 Å². The zero-order valence-corrected chi connectivity index (χ0v) is 9.94. The Labute approximate surface area is 102 Å². The molecule has 0 bridgehead atoms. The minimum absolute atomic E-state index is 0.0389. The molecule has 0 saturated carbocycles. The van der Waals surface area contributed by atoms with Gasteiger partial charge in [-0.05, 0) is 19.1 Å². The van der Waals surface area contributed by atoms with Crippen LogP contribution in [0.1, 0.15) is 17.3 Å². The Morgan fingerprint density at radius 3 is 3.00 bits per heavy atom. The van der Waals surface area contributed by atoms with Gasteiger partial charge >= 0.3 is 0 Å². The largest absolute Gasteiger partial charge is 0.294 e. The van der Waals surface area contributed by atoms with E-state index in [1.54, 1.807) is 24.8 Å². The van der Waals surface area contributed by atoms with E-state index in [4.69, 9.17) is 0 Å². The van der Waals surface area contributed by atoms with Crippen molar-refractivity contribution in [3.05, 3.63) is 41.0 Å². The normalized spacial score (nSPS) is 10.9. The molecule has 0 amide bonds. The quantitative estimate of drug-likeness (QED) is 0.650. The number of carbonyl (C=O) groups is 1. The number of fused-ring (bicyclic) bond motifs is 1. The van der Waals surface area contributed by atoms with Gasteiger partial charge in [-0.15, -0.1) is 11.3 Å². The number of hydrogen-bond acceptors (Lipinski definition) is 4. The van der Waals surface area contributed by atoms with Crippen LogP contribution in [0.15, 0.2) is 35.4 Å². The van der Waals surface area contributed by atoms with Crippen molar-refractivity contribution in [2.24, 2.45) is 0 Å². The summed E-state index contributed by atoms with van der Waals surface area (Å²) in [7, 11) is 0. The summed E-state index contributed by atoms with van der Waals surface area (Å²) in [4.78, 5) is 20.1. The van der Waals surface area contributed by atoms with Crippen LogP contribution in [-0.2, 0) is 0 Å². The Balaban J connectivity index is 2.37. The predicted molar refractivity (Wildman–Crippen MR) is 66.7 cm³/mol. The topological polar surface area (TPSA) is 47.8 Å². The Hall–Kier alpha value is -2.01. The van der Waals surface area contributed by atoms with Crippen molar-refractivity contribution >= 4 is 28.2 Å². The first-order valence-corrected chi connectivity index (χ1v) is 6.07. The zero-order valence-electron chi connectivity index (χ0n) is 9.12. The number of pyridine rings is 1. The molecule has 84 valence electrons. The molecule has 5 heteroatoms. The van der Waals surface area contributed by atoms with Crippen LogP contribution >= 0.6 is 11.3 Å². The van der Waals surface area contributed by atoms with Gasteiger partial charge in [0.15, 0.2) is 5.78 Å². The number of aromatic nitrogens is 3. The molecule has 0 aliphatic rings. The molecule has 0 N–H and O–H groups in total. The van der Waals surface area contributed by atoms with E-state index in [-0.39, 0.29) is 5.78 Å². The number of nitrogens with zero attached hydrogens (tertiary/aromatic N) is 3. The van der Waals surface area contributed by atoms with E-state index >= 15 is 0 Å². The molecule has 0 aliphatic heterocycles. The van der Waals surface area contributed by atoms with Gasteiger partial charge in [0.05, 0.1) is 5.51 Å². The maximum atomic E-state index is 11.6. The second-order valence-electron chi connectivity index (χ2n) is 3.69. The summed E-state index contributed by atoms with van der Waals surface area (Å²) >= 11 is 1.52. The molecule has 0 aliphatic carbocycles. The molecular weight excluding hydrogens is 234 g/mol. The lowest BCUT2D eigenvalue weighted by atomic mass is 10.2. The lowest BCUT2D eigenvalue weighted by Crippen LogP contribution is -1.93. The molecule has 0 aromatic carbocycles. The maximum absolute atomic E-state index is 11.6. The number of thiazole rings is 1. The molecule has 0 radical (unpaired) electrons. The van der Waals surface area contributed by atoms with Crippen LogP contribution in [0.2, 0.25) is 0 Å². The van der Waals surface area contributed by atoms with Crippen molar-refractivity contribution in [3.8, 4) is 5.82 Å². The van der Waals surface area contributed by atoms with Gasteiger partial charge in [-0.2, -0.15) is 0 Å². The molecule has 17 heavy (non-hydrogen) atoms. The molecule has 0 unspecified atom stereocenters. The van der Waals surface area contributed by atoms with E-state index in [1.807, 2.05) is 22.1 Å². The number of hydrogen-bond donors (Lipinski definition) is 0. The molecule has 3 aromatic heterocycles. The van der Waals surface area contributed by atoms with E-state index in [2.05, 4.69) is 9.97 Å². The highest BCUT2D eigenvalue weighted by atomic mass is 32.1. The first-order valence-electron chi connectivity index (χ1n) is 5.13. The van der Waals surface area contributed by atoms with Gasteiger partial charge in [0, 0.05) is 28.7 Å². The van der Waals surface area contributed by atoms with Crippen molar-refractivity contribution in [2.45, 2.75) is 6.92 Å². The van der Waals surface area contributed by atoms with Gasteiger partial charge in [-0.3, -0.25) is 9.36 Å². The van der Waals surface area contributed by atoms with Crippen molar-refractivity contribution in [3.63, 3.8) is 0 Å². The van der Waals surface area contributed by atoms with E-state index in [1.165, 1.54) is 11.3 Å². The second kappa shape index (κ2) is 3.78. The third kappa shape index (κ3) is 1.55. The minimum Gasteiger partial charge on any atom is -0.294 e. The molecule has 3 aromatic rings. The van der Waals surface area contributed by atoms with E-state index < -0.39 is 0 Å². The fourth-order valence-electron chi connectivity index (χ4n) is 1.84.